The maximum absolute atomic E-state index is 12.4. The molecule has 2 aromatic rings. The van der Waals surface area contributed by atoms with Crippen LogP contribution in [0.5, 0.6) is 0 Å². The number of carbonyl (C=O) groups excluding carboxylic acids is 1. The fourth-order valence-corrected chi connectivity index (χ4v) is 10.6. The van der Waals surface area contributed by atoms with E-state index in [-0.39, 0.29) is 47.8 Å². The Labute approximate surface area is 181 Å². The van der Waals surface area contributed by atoms with Crippen molar-refractivity contribution in [1.29, 1.82) is 0 Å². The van der Waals surface area contributed by atoms with Gasteiger partial charge in [0.2, 0.25) is 0 Å². The van der Waals surface area contributed by atoms with Crippen molar-refractivity contribution in [2.24, 2.45) is 5.92 Å². The van der Waals surface area contributed by atoms with Crippen LogP contribution in [0.2, 0.25) is 4.44 Å². The fraction of sp³-hybridized carbons (Fsp3) is 0.667. The Kier molecular flexibility index (Phi) is 6.44. The van der Waals surface area contributed by atoms with Crippen LogP contribution in [0, 0.1) is 5.92 Å². The first-order valence-corrected chi connectivity index (χ1v) is 15.3. The Bertz CT molecular complexity index is 978. The molecule has 12 heteroatoms. The maximum atomic E-state index is 12.4. The fourth-order valence-electron chi connectivity index (χ4n) is 3.71. The summed E-state index contributed by atoms with van der Waals surface area (Å²) in [6, 6.07) is 0. The van der Waals surface area contributed by atoms with Gasteiger partial charge in [0.05, 0.1) is 0 Å². The zero-order chi connectivity index (χ0) is 21.4. The van der Waals surface area contributed by atoms with Crippen molar-refractivity contribution in [3.05, 3.63) is 16.7 Å². The number of aromatic nitrogens is 4. The number of hydrogen-bond donors (Lipinski definition) is 3. The monoisotopic (exact) mass is 529 g/mol. The normalized spacial score (nSPS) is 28.4. The number of nitrogens with zero attached hydrogens (tertiary/aromatic N) is 3. The molecule has 0 bridgehead atoms. The average molecular weight is 528 g/mol. The van der Waals surface area contributed by atoms with E-state index in [0.717, 1.165) is 17.3 Å². The van der Waals surface area contributed by atoms with Gasteiger partial charge >= 0.3 is 181 Å². The predicted molar refractivity (Wildman–Crippen MR) is 109 cm³/mol. The summed E-state index contributed by atoms with van der Waals surface area (Å²) in [4.78, 5) is 35.6. The van der Waals surface area contributed by atoms with Crippen LogP contribution in [-0.4, -0.2) is 76.0 Å². The molecule has 3 N–H and O–H groups in total. The van der Waals surface area contributed by atoms with Crippen LogP contribution >= 0.6 is 0 Å². The molecule has 2 aliphatic rings. The molecule has 0 radical (unpaired) electrons. The van der Waals surface area contributed by atoms with Gasteiger partial charge in [0, 0.05) is 0 Å². The van der Waals surface area contributed by atoms with Gasteiger partial charge < -0.3 is 0 Å². The van der Waals surface area contributed by atoms with Gasteiger partial charge in [0.25, 0.3) is 0 Å². The number of fused-ring (bicyclic) bond motifs is 2. The predicted octanol–water partition coefficient (Wildman–Crippen LogP) is 0.408. The second-order valence-electron chi connectivity index (χ2n) is 7.90. The van der Waals surface area contributed by atoms with Gasteiger partial charge in [-0.1, -0.05) is 0 Å². The molecule has 0 aromatic carbocycles. The molecule has 3 unspecified atom stereocenters. The third-order valence-electron chi connectivity index (χ3n) is 5.35. The van der Waals surface area contributed by atoms with E-state index < -0.39 is 38.5 Å². The number of aliphatic hydroxyl groups is 1. The second kappa shape index (κ2) is 8.91. The van der Waals surface area contributed by atoms with E-state index in [0.29, 0.717) is 0 Å². The molecule has 2 fully saturated rings. The molecule has 1 amide bonds. The number of ether oxygens (including phenoxy) is 1. The van der Waals surface area contributed by atoms with E-state index in [1.807, 2.05) is 0 Å². The molecular formula is C18H27N5O6Sn. The minimum absolute atomic E-state index is 0.0461. The van der Waals surface area contributed by atoms with Gasteiger partial charge in [-0.05, 0) is 0 Å². The van der Waals surface area contributed by atoms with E-state index in [1.54, 1.807) is 18.4 Å². The van der Waals surface area contributed by atoms with E-state index in [9.17, 15) is 14.7 Å². The SMILES string of the molecule is CCC[CH2][SnH]1[O]C2C([O]1)[C@@H](CO)O[C@H]2n1cnc2c(=O)[nH]c(NC(=O)C(C)C)nc21. The van der Waals surface area contributed by atoms with E-state index in [1.165, 1.54) is 6.33 Å². The van der Waals surface area contributed by atoms with Crippen molar-refractivity contribution in [2.45, 2.75) is 62.6 Å². The Balaban J connectivity index is 1.66. The molecule has 30 heavy (non-hydrogen) atoms. The van der Waals surface area contributed by atoms with Gasteiger partial charge in [-0.15, -0.1) is 0 Å². The number of aliphatic hydroxyl groups excluding tert-OH is 1. The van der Waals surface area contributed by atoms with Crippen molar-refractivity contribution < 1.29 is 20.8 Å². The van der Waals surface area contributed by atoms with Crippen LogP contribution in [-0.2, 0) is 15.7 Å². The van der Waals surface area contributed by atoms with Crippen molar-refractivity contribution >= 4 is 43.6 Å². The van der Waals surface area contributed by atoms with Gasteiger partial charge in [0.1, 0.15) is 0 Å². The van der Waals surface area contributed by atoms with Crippen LogP contribution in [0.15, 0.2) is 11.1 Å². The number of imidazole rings is 1. The topological polar surface area (TPSA) is 141 Å². The molecular weight excluding hydrogens is 501 g/mol. The molecule has 0 aliphatic carbocycles. The van der Waals surface area contributed by atoms with Crippen LogP contribution in [0.1, 0.15) is 39.8 Å². The summed E-state index contributed by atoms with van der Waals surface area (Å²) in [6.45, 7) is 5.43. The van der Waals surface area contributed by atoms with E-state index in [2.05, 4.69) is 27.2 Å². The average Bonchev–Trinajstić information content (AvgIpc) is 3.39. The molecule has 2 saturated heterocycles. The zero-order valence-corrected chi connectivity index (χ0v) is 20.5. The molecule has 11 nitrogen and oxygen atoms in total. The van der Waals surface area contributed by atoms with Gasteiger partial charge in [-0.3, -0.25) is 0 Å². The van der Waals surface area contributed by atoms with Crippen molar-refractivity contribution in [3.8, 4) is 0 Å². The van der Waals surface area contributed by atoms with E-state index >= 15 is 0 Å². The van der Waals surface area contributed by atoms with Gasteiger partial charge in [0.15, 0.2) is 0 Å². The first-order chi connectivity index (χ1) is 14.4. The third-order valence-corrected chi connectivity index (χ3v) is 11.4. The molecule has 2 aliphatic heterocycles. The Hall–Kier alpha value is -1.54. The number of nitrogens with one attached hydrogen (secondary N) is 2. The summed E-state index contributed by atoms with van der Waals surface area (Å²) in [7, 11) is 0. The first kappa shape index (κ1) is 21.7. The summed E-state index contributed by atoms with van der Waals surface area (Å²) in [5.74, 6) is -0.483. The molecule has 5 atom stereocenters. The van der Waals surface area contributed by atoms with Crippen molar-refractivity contribution in [2.75, 3.05) is 11.9 Å². The molecule has 4 heterocycles. The Morgan fingerprint density at radius 2 is 2.17 bits per heavy atom. The summed E-state index contributed by atoms with van der Waals surface area (Å²) in [5.41, 5.74) is -0.0549. The number of hydrogen-bond acceptors (Lipinski definition) is 8. The number of rotatable bonds is 7. The number of anilines is 1. The quantitative estimate of drug-likeness (QED) is 0.440. The Morgan fingerprint density at radius 1 is 1.40 bits per heavy atom. The first-order valence-electron chi connectivity index (χ1n) is 10.3. The number of aromatic amines is 1. The number of unbranched alkanes of at least 4 members (excludes halogenated alkanes) is 1. The number of carbonyl (C=O) groups is 1. The summed E-state index contributed by atoms with van der Waals surface area (Å²) < 4.78 is 21.0. The van der Waals surface area contributed by atoms with Crippen molar-refractivity contribution in [3.63, 3.8) is 0 Å². The van der Waals surface area contributed by atoms with Crippen LogP contribution in [0.3, 0.4) is 0 Å². The van der Waals surface area contributed by atoms with Crippen molar-refractivity contribution in [1.82, 2.24) is 19.5 Å². The Morgan fingerprint density at radius 3 is 2.87 bits per heavy atom. The molecule has 4 rings (SSSR count). The van der Waals surface area contributed by atoms with Crippen LogP contribution in [0.25, 0.3) is 11.2 Å². The second-order valence-corrected chi connectivity index (χ2v) is 13.6. The molecule has 164 valence electrons. The van der Waals surface area contributed by atoms with Gasteiger partial charge in [-0.25, -0.2) is 0 Å². The number of H-pyrrole nitrogens is 1. The summed E-state index contributed by atoms with van der Waals surface area (Å²) >= 11 is -2.62. The molecule has 0 saturated carbocycles. The standard InChI is InChI=1S/C14H17N5O6.C4H9.Sn.H/c1-5(2)11(23)17-14-16-10-7(12(24)18-14)15-4-19(10)13-9(22)8(21)6(3-20)25-13;1-3-4-2;;/h4-6,8-9,13,20H,3H2,1-2H3,(H2,16,17,18,23,24);1,3-4H2,2H3;;/q-2;;+2;/t6-,8?,9?,13-;;;/m1.../s1. The molecule has 0 spiro atoms. The van der Waals surface area contributed by atoms with Crippen LogP contribution < -0.4 is 10.9 Å². The summed E-state index contributed by atoms with van der Waals surface area (Å²) in [5, 5.41) is 12.4. The van der Waals surface area contributed by atoms with Gasteiger partial charge in [-0.2, -0.15) is 0 Å². The van der Waals surface area contributed by atoms with Crippen LogP contribution in [0.4, 0.5) is 5.95 Å². The number of amides is 1. The zero-order valence-electron chi connectivity index (χ0n) is 17.2. The van der Waals surface area contributed by atoms with E-state index in [4.69, 9.17) is 10.9 Å². The molecule has 2 aromatic heterocycles. The third kappa shape index (κ3) is 4.00. The summed E-state index contributed by atoms with van der Waals surface area (Å²) in [6.07, 6.45) is 1.75. The minimum atomic E-state index is -2.62.